The van der Waals surface area contributed by atoms with Crippen LogP contribution < -0.4 is 11.1 Å². The molecule has 22 heavy (non-hydrogen) atoms. The highest BCUT2D eigenvalue weighted by Gasteiger charge is 2.15. The summed E-state index contributed by atoms with van der Waals surface area (Å²) in [5.74, 6) is 0.110. The fourth-order valence-electron chi connectivity index (χ4n) is 1.95. The first kappa shape index (κ1) is 18.5. The second-order valence-electron chi connectivity index (χ2n) is 5.09. The summed E-state index contributed by atoms with van der Waals surface area (Å²) in [6, 6.07) is 7.34. The molecule has 2 rings (SSSR count). The zero-order valence-electron chi connectivity index (χ0n) is 12.5. The molecule has 1 atom stereocenters. The average molecular weight is 343 g/mol. The van der Waals surface area contributed by atoms with Gasteiger partial charge >= 0.3 is 0 Å². The minimum absolute atomic E-state index is 0. The van der Waals surface area contributed by atoms with E-state index in [1.807, 2.05) is 26.0 Å². The molecule has 7 heteroatoms. The van der Waals surface area contributed by atoms with Crippen molar-refractivity contribution in [3.8, 4) is 5.69 Å². The number of nitrogens with one attached hydrogen (secondary N) is 1. The molecule has 0 aliphatic carbocycles. The van der Waals surface area contributed by atoms with Gasteiger partial charge < -0.3 is 11.1 Å². The van der Waals surface area contributed by atoms with Gasteiger partial charge in [0.1, 0.15) is 0 Å². The molecule has 0 saturated heterocycles. The molecule has 1 amide bonds. The van der Waals surface area contributed by atoms with Gasteiger partial charge in [-0.2, -0.15) is 5.10 Å². The zero-order valence-corrected chi connectivity index (χ0v) is 14.1. The number of nitrogens with zero attached hydrogens (tertiary/aromatic N) is 2. The molecule has 0 spiro atoms. The summed E-state index contributed by atoms with van der Waals surface area (Å²) < 4.78 is 1.70. The van der Waals surface area contributed by atoms with Crippen molar-refractivity contribution < 1.29 is 4.79 Å². The molecule has 1 heterocycles. The molecule has 1 aromatic heterocycles. The Morgan fingerprint density at radius 2 is 2.23 bits per heavy atom. The van der Waals surface area contributed by atoms with E-state index in [-0.39, 0.29) is 24.2 Å². The van der Waals surface area contributed by atoms with Crippen molar-refractivity contribution >= 4 is 29.9 Å². The number of aromatic nitrogens is 2. The van der Waals surface area contributed by atoms with Crippen LogP contribution in [0.4, 0.5) is 0 Å². The van der Waals surface area contributed by atoms with E-state index in [4.69, 9.17) is 17.3 Å². The third kappa shape index (κ3) is 4.22. The van der Waals surface area contributed by atoms with Crippen molar-refractivity contribution in [2.75, 3.05) is 13.1 Å². The standard InChI is InChI=1S/C15H19ClN4O.ClH/c1-10(7-17)8-18-15(21)14-9-19-20(11(14)2)13-5-3-4-12(16)6-13;/h3-6,9-10H,7-8,17H2,1-2H3,(H,18,21);1H. The number of hydrogen-bond acceptors (Lipinski definition) is 3. The summed E-state index contributed by atoms with van der Waals surface area (Å²) in [4.78, 5) is 12.2. The number of carbonyl (C=O) groups is 1. The van der Waals surface area contributed by atoms with E-state index in [0.29, 0.717) is 23.7 Å². The van der Waals surface area contributed by atoms with Crippen molar-refractivity contribution in [2.45, 2.75) is 13.8 Å². The number of rotatable bonds is 5. The van der Waals surface area contributed by atoms with Crippen LogP contribution in [-0.4, -0.2) is 28.8 Å². The Bertz CT molecular complexity index is 642. The predicted molar refractivity (Wildman–Crippen MR) is 91.1 cm³/mol. The first-order valence-electron chi connectivity index (χ1n) is 6.81. The van der Waals surface area contributed by atoms with Crippen LogP contribution in [0.15, 0.2) is 30.5 Å². The van der Waals surface area contributed by atoms with Crippen molar-refractivity contribution in [3.63, 3.8) is 0 Å². The Morgan fingerprint density at radius 1 is 1.50 bits per heavy atom. The summed E-state index contributed by atoms with van der Waals surface area (Å²) in [5.41, 5.74) is 7.70. The molecule has 1 aromatic carbocycles. The van der Waals surface area contributed by atoms with Crippen LogP contribution in [0.1, 0.15) is 23.0 Å². The molecular formula is C15H20Cl2N4O. The highest BCUT2D eigenvalue weighted by molar-refractivity contribution is 6.30. The van der Waals surface area contributed by atoms with Crippen LogP contribution in [0.3, 0.4) is 0 Å². The molecule has 0 fully saturated rings. The quantitative estimate of drug-likeness (QED) is 0.876. The molecular weight excluding hydrogens is 323 g/mol. The molecule has 0 aliphatic heterocycles. The minimum atomic E-state index is -0.138. The van der Waals surface area contributed by atoms with Crippen LogP contribution in [0.25, 0.3) is 5.69 Å². The number of carbonyl (C=O) groups excluding carboxylic acids is 1. The van der Waals surface area contributed by atoms with Gasteiger partial charge in [0, 0.05) is 11.6 Å². The highest BCUT2D eigenvalue weighted by Crippen LogP contribution is 2.17. The lowest BCUT2D eigenvalue weighted by Crippen LogP contribution is -2.31. The fraction of sp³-hybridized carbons (Fsp3) is 0.333. The molecule has 0 aliphatic rings. The van der Waals surface area contributed by atoms with E-state index >= 15 is 0 Å². The van der Waals surface area contributed by atoms with Crippen molar-refractivity contribution in [3.05, 3.63) is 46.7 Å². The van der Waals surface area contributed by atoms with Gasteiger partial charge in [-0.15, -0.1) is 12.4 Å². The molecule has 0 saturated carbocycles. The number of hydrogen-bond donors (Lipinski definition) is 2. The normalized spacial score (nSPS) is 11.6. The monoisotopic (exact) mass is 342 g/mol. The Balaban J connectivity index is 0.00000242. The largest absolute Gasteiger partial charge is 0.352 e. The van der Waals surface area contributed by atoms with Gasteiger partial charge in [0.15, 0.2) is 0 Å². The molecule has 0 radical (unpaired) electrons. The molecule has 120 valence electrons. The van der Waals surface area contributed by atoms with Crippen LogP contribution in [0, 0.1) is 12.8 Å². The summed E-state index contributed by atoms with van der Waals surface area (Å²) in [7, 11) is 0. The third-order valence-electron chi connectivity index (χ3n) is 3.32. The fourth-order valence-corrected chi connectivity index (χ4v) is 2.13. The topological polar surface area (TPSA) is 72.9 Å². The van der Waals surface area contributed by atoms with E-state index in [1.165, 1.54) is 0 Å². The molecule has 1 unspecified atom stereocenters. The third-order valence-corrected chi connectivity index (χ3v) is 3.56. The van der Waals surface area contributed by atoms with E-state index in [9.17, 15) is 4.79 Å². The van der Waals surface area contributed by atoms with Gasteiger partial charge in [-0.05, 0) is 37.6 Å². The van der Waals surface area contributed by atoms with E-state index < -0.39 is 0 Å². The average Bonchev–Trinajstić information content (AvgIpc) is 2.86. The number of benzene rings is 1. The first-order chi connectivity index (χ1) is 10.0. The predicted octanol–water partition coefficient (Wildman–Crippen LogP) is 2.58. The van der Waals surface area contributed by atoms with Crippen LogP contribution in [-0.2, 0) is 0 Å². The van der Waals surface area contributed by atoms with Gasteiger partial charge in [-0.1, -0.05) is 24.6 Å². The number of amides is 1. The van der Waals surface area contributed by atoms with E-state index in [1.54, 1.807) is 23.0 Å². The number of halogens is 2. The van der Waals surface area contributed by atoms with Crippen molar-refractivity contribution in [2.24, 2.45) is 11.7 Å². The maximum Gasteiger partial charge on any atom is 0.254 e. The lowest BCUT2D eigenvalue weighted by atomic mass is 10.1. The first-order valence-corrected chi connectivity index (χ1v) is 7.19. The Labute approximate surface area is 141 Å². The molecule has 5 nitrogen and oxygen atoms in total. The van der Waals surface area contributed by atoms with Gasteiger partial charge in [-0.25, -0.2) is 4.68 Å². The van der Waals surface area contributed by atoms with Crippen LogP contribution in [0.5, 0.6) is 0 Å². The molecule has 0 bridgehead atoms. The zero-order chi connectivity index (χ0) is 15.4. The SMILES string of the molecule is Cc1c(C(=O)NCC(C)CN)cnn1-c1cccc(Cl)c1.Cl. The summed E-state index contributed by atoms with van der Waals surface area (Å²) in [6.07, 6.45) is 1.57. The van der Waals surface area contributed by atoms with E-state index in [0.717, 1.165) is 11.4 Å². The maximum atomic E-state index is 12.2. The summed E-state index contributed by atoms with van der Waals surface area (Å²) in [6.45, 7) is 4.94. The second kappa shape index (κ2) is 8.17. The van der Waals surface area contributed by atoms with Crippen LogP contribution >= 0.6 is 24.0 Å². The van der Waals surface area contributed by atoms with Gasteiger partial charge in [-0.3, -0.25) is 4.79 Å². The van der Waals surface area contributed by atoms with Gasteiger partial charge in [0.05, 0.1) is 23.1 Å². The summed E-state index contributed by atoms with van der Waals surface area (Å²) >= 11 is 5.98. The minimum Gasteiger partial charge on any atom is -0.352 e. The molecule has 2 aromatic rings. The van der Waals surface area contributed by atoms with Crippen molar-refractivity contribution in [1.29, 1.82) is 0 Å². The van der Waals surface area contributed by atoms with Gasteiger partial charge in [0.2, 0.25) is 0 Å². The highest BCUT2D eigenvalue weighted by atomic mass is 35.5. The Kier molecular flexibility index (Phi) is 6.87. The lowest BCUT2D eigenvalue weighted by Gasteiger charge is -2.10. The van der Waals surface area contributed by atoms with E-state index in [2.05, 4.69) is 10.4 Å². The molecule has 3 N–H and O–H groups in total. The lowest BCUT2D eigenvalue weighted by molar-refractivity contribution is 0.0948. The van der Waals surface area contributed by atoms with Crippen LogP contribution in [0.2, 0.25) is 5.02 Å². The Morgan fingerprint density at radius 3 is 2.86 bits per heavy atom. The van der Waals surface area contributed by atoms with Gasteiger partial charge in [0.25, 0.3) is 5.91 Å². The smallest absolute Gasteiger partial charge is 0.254 e. The second-order valence-corrected chi connectivity index (χ2v) is 5.52. The summed E-state index contributed by atoms with van der Waals surface area (Å²) in [5, 5.41) is 7.77. The maximum absolute atomic E-state index is 12.2. The van der Waals surface area contributed by atoms with Crippen molar-refractivity contribution in [1.82, 2.24) is 15.1 Å². The Hall–Kier alpha value is -1.56. The number of nitrogens with two attached hydrogens (primary N) is 1.